The minimum atomic E-state index is -0.167. The van der Waals surface area contributed by atoms with Crippen LogP contribution in [0.15, 0.2) is 43.0 Å². The number of allylic oxidation sites excluding steroid dienone is 1. The van der Waals surface area contributed by atoms with E-state index in [-0.39, 0.29) is 18.2 Å². The smallest absolute Gasteiger partial charge is 0.308 e. The van der Waals surface area contributed by atoms with Gasteiger partial charge < -0.3 is 9.47 Å². The van der Waals surface area contributed by atoms with Crippen molar-refractivity contribution in [2.75, 3.05) is 6.61 Å². The van der Waals surface area contributed by atoms with E-state index in [0.29, 0.717) is 18.9 Å². The Balaban J connectivity index is 2.02. The average molecular weight is 288 g/mol. The number of hydrogen-bond acceptors (Lipinski definition) is 3. The Morgan fingerprint density at radius 1 is 1.43 bits per heavy atom. The van der Waals surface area contributed by atoms with Crippen molar-refractivity contribution in [2.45, 2.75) is 44.8 Å². The Labute approximate surface area is 127 Å². The number of rotatable bonds is 7. The molecule has 2 rings (SSSR count). The molecule has 3 heteroatoms. The molecule has 1 fully saturated rings. The number of carbonyl (C=O) groups excluding carboxylic acids is 1. The van der Waals surface area contributed by atoms with Crippen molar-refractivity contribution in [1.82, 2.24) is 0 Å². The summed E-state index contributed by atoms with van der Waals surface area (Å²) in [5.41, 5.74) is 1.19. The maximum Gasteiger partial charge on any atom is 0.308 e. The van der Waals surface area contributed by atoms with Gasteiger partial charge in [0, 0.05) is 0 Å². The van der Waals surface area contributed by atoms with Crippen molar-refractivity contribution in [2.24, 2.45) is 5.92 Å². The highest BCUT2D eigenvalue weighted by Gasteiger charge is 2.36. The van der Waals surface area contributed by atoms with Gasteiger partial charge in [0.15, 0.2) is 0 Å². The monoisotopic (exact) mass is 288 g/mol. The van der Waals surface area contributed by atoms with Gasteiger partial charge in [0.2, 0.25) is 0 Å². The molecule has 3 atom stereocenters. The number of esters is 1. The standard InChI is InChI=1S/C18H24O3/c1-3-5-9-15-12-16(14-10-7-6-8-11-14)21-17(15)13-18(19)20-4-2/h3,6-8,10-11,15-17H,1,4-5,9,12-13H2,2H3/t15-,16+,17+/m1/s1. The summed E-state index contributed by atoms with van der Waals surface area (Å²) in [5, 5.41) is 0. The van der Waals surface area contributed by atoms with E-state index in [2.05, 4.69) is 18.7 Å². The van der Waals surface area contributed by atoms with E-state index in [0.717, 1.165) is 19.3 Å². The van der Waals surface area contributed by atoms with Crippen molar-refractivity contribution in [3.8, 4) is 0 Å². The zero-order valence-corrected chi connectivity index (χ0v) is 12.7. The lowest BCUT2D eigenvalue weighted by molar-refractivity contribution is -0.146. The van der Waals surface area contributed by atoms with Crippen LogP contribution in [0.1, 0.15) is 44.3 Å². The molecule has 0 amide bonds. The van der Waals surface area contributed by atoms with Crippen LogP contribution in [0.5, 0.6) is 0 Å². The van der Waals surface area contributed by atoms with Crippen molar-refractivity contribution < 1.29 is 14.3 Å². The lowest BCUT2D eigenvalue weighted by Gasteiger charge is -2.17. The second-order valence-electron chi connectivity index (χ2n) is 5.44. The first-order chi connectivity index (χ1) is 10.2. The molecule has 3 nitrogen and oxygen atoms in total. The molecule has 1 aromatic rings. The Hall–Kier alpha value is -1.61. The van der Waals surface area contributed by atoms with Gasteiger partial charge in [0.1, 0.15) is 0 Å². The molecule has 0 radical (unpaired) electrons. The van der Waals surface area contributed by atoms with Crippen LogP contribution in [0, 0.1) is 5.92 Å². The van der Waals surface area contributed by atoms with Crippen LogP contribution in [0.4, 0.5) is 0 Å². The first-order valence-corrected chi connectivity index (χ1v) is 7.71. The maximum absolute atomic E-state index is 11.7. The fraction of sp³-hybridized carbons (Fsp3) is 0.500. The summed E-state index contributed by atoms with van der Waals surface area (Å²) >= 11 is 0. The van der Waals surface area contributed by atoms with Crippen LogP contribution in [0.3, 0.4) is 0 Å². The molecule has 0 saturated carbocycles. The topological polar surface area (TPSA) is 35.5 Å². The minimum absolute atomic E-state index is 0.0470. The number of carbonyl (C=O) groups is 1. The number of benzene rings is 1. The summed E-state index contributed by atoms with van der Waals surface area (Å²) in [7, 11) is 0. The third-order valence-corrected chi connectivity index (χ3v) is 3.97. The maximum atomic E-state index is 11.7. The zero-order chi connectivity index (χ0) is 15.1. The van der Waals surface area contributed by atoms with Gasteiger partial charge in [0.25, 0.3) is 0 Å². The zero-order valence-electron chi connectivity index (χ0n) is 12.7. The molecule has 1 aromatic carbocycles. The van der Waals surface area contributed by atoms with E-state index < -0.39 is 0 Å². The third kappa shape index (κ3) is 4.43. The molecule has 114 valence electrons. The molecule has 1 aliphatic rings. The van der Waals surface area contributed by atoms with E-state index in [1.165, 1.54) is 5.56 Å². The molecule has 0 N–H and O–H groups in total. The second kappa shape index (κ2) is 7.99. The quantitative estimate of drug-likeness (QED) is 0.561. The summed E-state index contributed by atoms with van der Waals surface area (Å²) in [4.78, 5) is 11.7. The van der Waals surface area contributed by atoms with Crippen LogP contribution in [-0.2, 0) is 14.3 Å². The Morgan fingerprint density at radius 3 is 2.86 bits per heavy atom. The summed E-state index contributed by atoms with van der Waals surface area (Å²) in [6, 6.07) is 10.2. The fourth-order valence-electron chi connectivity index (χ4n) is 2.92. The van der Waals surface area contributed by atoms with Crippen LogP contribution in [0.25, 0.3) is 0 Å². The molecule has 0 unspecified atom stereocenters. The first-order valence-electron chi connectivity index (χ1n) is 7.71. The summed E-state index contributed by atoms with van der Waals surface area (Å²) in [6.07, 6.45) is 5.24. The molecule has 0 aliphatic carbocycles. The van der Waals surface area contributed by atoms with E-state index in [1.807, 2.05) is 31.2 Å². The van der Waals surface area contributed by atoms with Crippen molar-refractivity contribution in [3.05, 3.63) is 48.6 Å². The van der Waals surface area contributed by atoms with Gasteiger partial charge in [-0.15, -0.1) is 6.58 Å². The highest BCUT2D eigenvalue weighted by Crippen LogP contribution is 2.40. The van der Waals surface area contributed by atoms with Gasteiger partial charge in [-0.05, 0) is 37.7 Å². The predicted octanol–water partition coefficient (Wildman–Crippen LogP) is 4.05. The molecule has 0 aromatic heterocycles. The largest absolute Gasteiger partial charge is 0.466 e. The van der Waals surface area contributed by atoms with E-state index in [4.69, 9.17) is 9.47 Å². The first kappa shape index (κ1) is 15.8. The van der Waals surface area contributed by atoms with E-state index in [9.17, 15) is 4.79 Å². The molecule has 1 saturated heterocycles. The van der Waals surface area contributed by atoms with Crippen molar-refractivity contribution in [3.63, 3.8) is 0 Å². The van der Waals surface area contributed by atoms with Gasteiger partial charge in [-0.25, -0.2) is 0 Å². The highest BCUT2D eigenvalue weighted by atomic mass is 16.5. The van der Waals surface area contributed by atoms with E-state index >= 15 is 0 Å². The Morgan fingerprint density at radius 2 is 2.19 bits per heavy atom. The van der Waals surface area contributed by atoms with Crippen LogP contribution in [-0.4, -0.2) is 18.7 Å². The number of ether oxygens (including phenoxy) is 2. The minimum Gasteiger partial charge on any atom is -0.466 e. The van der Waals surface area contributed by atoms with Crippen LogP contribution >= 0.6 is 0 Å². The third-order valence-electron chi connectivity index (χ3n) is 3.97. The molecule has 0 bridgehead atoms. The van der Waals surface area contributed by atoms with Crippen LogP contribution in [0.2, 0.25) is 0 Å². The molecule has 21 heavy (non-hydrogen) atoms. The van der Waals surface area contributed by atoms with Crippen LogP contribution < -0.4 is 0 Å². The molecular weight excluding hydrogens is 264 g/mol. The molecule has 1 aliphatic heterocycles. The molecule has 0 spiro atoms. The van der Waals surface area contributed by atoms with Gasteiger partial charge in [0.05, 0.1) is 25.2 Å². The van der Waals surface area contributed by atoms with Gasteiger partial charge in [-0.1, -0.05) is 36.4 Å². The average Bonchev–Trinajstić information content (AvgIpc) is 2.89. The highest BCUT2D eigenvalue weighted by molar-refractivity contribution is 5.70. The molecule has 1 heterocycles. The lowest BCUT2D eigenvalue weighted by atomic mass is 9.91. The normalized spacial score (nSPS) is 24.7. The second-order valence-corrected chi connectivity index (χ2v) is 5.44. The van der Waals surface area contributed by atoms with Gasteiger partial charge >= 0.3 is 5.97 Å². The Bertz CT molecular complexity index is 455. The fourth-order valence-corrected chi connectivity index (χ4v) is 2.92. The van der Waals surface area contributed by atoms with Gasteiger partial charge in [-0.3, -0.25) is 4.79 Å². The summed E-state index contributed by atoms with van der Waals surface area (Å²) in [6.45, 7) is 6.03. The number of hydrogen-bond donors (Lipinski definition) is 0. The predicted molar refractivity (Wildman–Crippen MR) is 82.8 cm³/mol. The lowest BCUT2D eigenvalue weighted by Crippen LogP contribution is -2.21. The summed E-state index contributed by atoms with van der Waals surface area (Å²) < 4.78 is 11.2. The Kier molecular flexibility index (Phi) is 6.00. The summed E-state index contributed by atoms with van der Waals surface area (Å²) in [5.74, 6) is 0.220. The van der Waals surface area contributed by atoms with Crippen molar-refractivity contribution >= 4 is 5.97 Å². The van der Waals surface area contributed by atoms with Gasteiger partial charge in [-0.2, -0.15) is 0 Å². The molecular formula is C18H24O3. The van der Waals surface area contributed by atoms with Crippen molar-refractivity contribution in [1.29, 1.82) is 0 Å². The van der Waals surface area contributed by atoms with E-state index in [1.54, 1.807) is 0 Å². The SMILES string of the molecule is C=CCC[C@@H]1C[C@@H](c2ccccc2)O[C@H]1CC(=O)OCC.